The topological polar surface area (TPSA) is 48.5 Å². The number of para-hydroxylation sites is 3. The van der Waals surface area contributed by atoms with Gasteiger partial charge in [-0.1, -0.05) is 139 Å². The van der Waals surface area contributed by atoms with E-state index in [1.54, 1.807) is 11.3 Å². The summed E-state index contributed by atoms with van der Waals surface area (Å²) in [5.74, 6) is 1.95. The van der Waals surface area contributed by atoms with Crippen molar-refractivity contribution in [3.63, 3.8) is 0 Å². The quantitative estimate of drug-likeness (QED) is 0.174. The third-order valence-corrected chi connectivity index (χ3v) is 14.0. The second kappa shape index (κ2) is 13.1. The van der Waals surface area contributed by atoms with Crippen molar-refractivity contribution in [2.24, 2.45) is 0 Å². The summed E-state index contributed by atoms with van der Waals surface area (Å²) < 4.78 is 7.39. The molecule has 5 nitrogen and oxygen atoms in total. The molecule has 0 spiro atoms. The van der Waals surface area contributed by atoms with Crippen LogP contribution in [0, 0.1) is 0 Å². The van der Waals surface area contributed by atoms with Crippen LogP contribution in [0.15, 0.2) is 198 Å². The normalized spacial score (nSPS) is 12.3. The van der Waals surface area contributed by atoms with Crippen molar-refractivity contribution < 1.29 is 0 Å². The van der Waals surface area contributed by atoms with Crippen molar-refractivity contribution in [1.82, 2.24) is 24.1 Å². The maximum absolute atomic E-state index is 5.25. The zero-order valence-corrected chi connectivity index (χ0v) is 33.6. The first-order valence-corrected chi connectivity index (χ1v) is 21.7. The van der Waals surface area contributed by atoms with Crippen LogP contribution in [0.3, 0.4) is 0 Å². The first kappa shape index (κ1) is 33.6. The molecule has 8 aromatic carbocycles. The van der Waals surface area contributed by atoms with Gasteiger partial charge in [0, 0.05) is 68.5 Å². The molecule has 0 saturated carbocycles. The lowest BCUT2D eigenvalue weighted by atomic mass is 10.00. The van der Waals surface area contributed by atoms with E-state index in [9.17, 15) is 0 Å². The number of aromatic nitrogens is 5. The van der Waals surface area contributed by atoms with E-state index in [0.29, 0.717) is 17.5 Å². The average molecular weight is 802 g/mol. The molecule has 60 heavy (non-hydrogen) atoms. The number of benzene rings is 8. The van der Waals surface area contributed by atoms with Gasteiger partial charge in [0.15, 0.2) is 17.5 Å². The van der Waals surface area contributed by atoms with Gasteiger partial charge in [0.25, 0.3) is 0 Å². The molecule has 0 fully saturated rings. The van der Waals surface area contributed by atoms with Gasteiger partial charge in [0.2, 0.25) is 0 Å². The molecule has 0 unspecified atom stereocenters. The van der Waals surface area contributed by atoms with Crippen molar-refractivity contribution in [1.29, 1.82) is 0 Å². The molecule has 0 atom stereocenters. The van der Waals surface area contributed by atoms with E-state index in [-0.39, 0.29) is 0 Å². The summed E-state index contributed by atoms with van der Waals surface area (Å²) in [7, 11) is 0. The van der Waals surface area contributed by atoms with Gasteiger partial charge in [-0.25, -0.2) is 15.0 Å². The highest BCUT2D eigenvalue weighted by Gasteiger charge is 2.28. The molecule has 12 aromatic rings. The molecule has 1 aliphatic heterocycles. The molecule has 5 heterocycles. The van der Waals surface area contributed by atoms with Crippen molar-refractivity contribution >= 4 is 76.1 Å². The summed E-state index contributed by atoms with van der Waals surface area (Å²) >= 11 is 3.66. The fourth-order valence-corrected chi connectivity index (χ4v) is 11.4. The van der Waals surface area contributed by atoms with Gasteiger partial charge in [-0.05, 0) is 71.8 Å². The lowest BCUT2D eigenvalue weighted by molar-refractivity contribution is 1.03. The summed E-state index contributed by atoms with van der Waals surface area (Å²) in [5, 5.41) is 6.12. The Morgan fingerprint density at radius 3 is 1.95 bits per heavy atom. The lowest BCUT2D eigenvalue weighted by Crippen LogP contribution is -2.05. The molecule has 0 aliphatic carbocycles. The summed E-state index contributed by atoms with van der Waals surface area (Å²) in [6.07, 6.45) is 0. The van der Waals surface area contributed by atoms with Crippen molar-refractivity contribution in [3.05, 3.63) is 188 Å². The van der Waals surface area contributed by atoms with Crippen LogP contribution in [0.1, 0.15) is 0 Å². The molecule has 280 valence electrons. The predicted octanol–water partition coefficient (Wildman–Crippen LogP) is 14.4. The number of fused-ring (bicyclic) bond motifs is 10. The Hall–Kier alpha value is -7.32. The van der Waals surface area contributed by atoms with E-state index >= 15 is 0 Å². The van der Waals surface area contributed by atoms with Crippen LogP contribution in [-0.4, -0.2) is 24.1 Å². The van der Waals surface area contributed by atoms with E-state index in [2.05, 4.69) is 179 Å². The second-order valence-corrected chi connectivity index (χ2v) is 17.4. The molecule has 1 aliphatic rings. The summed E-state index contributed by atoms with van der Waals surface area (Å²) in [6, 6.07) is 67.1. The van der Waals surface area contributed by atoms with E-state index in [1.807, 2.05) is 30.0 Å². The summed E-state index contributed by atoms with van der Waals surface area (Å²) in [6.45, 7) is 0. The third-order valence-electron chi connectivity index (χ3n) is 11.8. The highest BCUT2D eigenvalue weighted by molar-refractivity contribution is 7.99. The maximum Gasteiger partial charge on any atom is 0.164 e. The number of nitrogens with zero attached hydrogens (tertiary/aromatic N) is 5. The van der Waals surface area contributed by atoms with Gasteiger partial charge in [-0.2, -0.15) is 0 Å². The van der Waals surface area contributed by atoms with Crippen LogP contribution < -0.4 is 0 Å². The molecule has 0 N–H and O–H groups in total. The van der Waals surface area contributed by atoms with Gasteiger partial charge in [-0.3, -0.25) is 9.13 Å². The third kappa shape index (κ3) is 5.03. The van der Waals surface area contributed by atoms with Gasteiger partial charge in [0.1, 0.15) is 5.65 Å². The first-order chi connectivity index (χ1) is 29.7. The highest BCUT2D eigenvalue weighted by atomic mass is 32.2. The number of hydrogen-bond donors (Lipinski definition) is 0. The summed E-state index contributed by atoms with van der Waals surface area (Å²) in [5.41, 5.74) is 11.1. The lowest BCUT2D eigenvalue weighted by Gasteiger charge is -2.21. The van der Waals surface area contributed by atoms with Crippen LogP contribution in [0.2, 0.25) is 0 Å². The van der Waals surface area contributed by atoms with Crippen LogP contribution >= 0.6 is 23.1 Å². The molecule has 4 aromatic heterocycles. The average Bonchev–Trinajstić information content (AvgIpc) is 3.98. The standard InChI is InChI=1S/C53H31N5S2/c1-3-14-32(15-4-1)50-54-51(56-52(55-50)39-22-13-26-45-47(39)37-20-7-9-24-43(37)59-45)35-17-11-16-33(30-35)34-28-29-41-40(31-34)48-38-21-12-27-46-49(38)58(42-23-8-10-25-44(42)60-46)53(48)57(41)36-18-5-2-6-19-36/h1-31H. The van der Waals surface area contributed by atoms with Crippen LogP contribution in [0.25, 0.3) is 110 Å². The van der Waals surface area contributed by atoms with Gasteiger partial charge in [0.05, 0.1) is 16.7 Å². The van der Waals surface area contributed by atoms with Gasteiger partial charge in [-0.15, -0.1) is 11.3 Å². The second-order valence-electron chi connectivity index (χ2n) is 15.2. The molecular formula is C53H31N5S2. The molecule has 0 radical (unpaired) electrons. The Balaban J connectivity index is 1.02. The number of hydrogen-bond acceptors (Lipinski definition) is 5. The van der Waals surface area contributed by atoms with E-state index in [0.717, 1.165) is 33.5 Å². The first-order valence-electron chi connectivity index (χ1n) is 20.0. The van der Waals surface area contributed by atoms with Crippen LogP contribution in [0.5, 0.6) is 0 Å². The van der Waals surface area contributed by atoms with Crippen LogP contribution in [0.4, 0.5) is 0 Å². The molecule has 0 amide bonds. The van der Waals surface area contributed by atoms with Crippen molar-refractivity contribution in [2.45, 2.75) is 9.79 Å². The maximum atomic E-state index is 5.25. The van der Waals surface area contributed by atoms with Crippen molar-refractivity contribution in [2.75, 3.05) is 0 Å². The minimum atomic E-state index is 0.640. The minimum Gasteiger partial charge on any atom is -0.295 e. The Labute approximate surface area is 352 Å². The van der Waals surface area contributed by atoms with Gasteiger partial charge < -0.3 is 0 Å². The molecule has 0 saturated heterocycles. The SMILES string of the molecule is c1ccc(-c2nc(-c3cccc(-c4ccc5c(c4)c4c6cccc7c6n(c4n5-c4ccccc4)-c4ccccc4S7)c3)nc(-c3cccc4sc5ccccc5c34)n2)cc1. The van der Waals surface area contributed by atoms with E-state index < -0.39 is 0 Å². The van der Waals surface area contributed by atoms with E-state index in [4.69, 9.17) is 15.0 Å². The number of rotatable bonds is 5. The smallest absolute Gasteiger partial charge is 0.164 e. The Morgan fingerprint density at radius 2 is 1.05 bits per heavy atom. The fraction of sp³-hybridized carbons (Fsp3) is 0. The zero-order chi connectivity index (χ0) is 39.3. The zero-order valence-electron chi connectivity index (χ0n) is 32.0. The number of thiophene rings is 1. The Kier molecular flexibility index (Phi) is 7.34. The van der Waals surface area contributed by atoms with E-state index in [1.165, 1.54) is 68.5 Å². The predicted molar refractivity (Wildman–Crippen MR) is 250 cm³/mol. The molecule has 13 rings (SSSR count). The monoisotopic (exact) mass is 801 g/mol. The van der Waals surface area contributed by atoms with Gasteiger partial charge >= 0.3 is 0 Å². The van der Waals surface area contributed by atoms with Crippen LogP contribution in [-0.2, 0) is 0 Å². The van der Waals surface area contributed by atoms with Crippen molar-refractivity contribution in [3.8, 4) is 56.7 Å². The Bertz CT molecular complexity index is 3690. The highest BCUT2D eigenvalue weighted by Crippen LogP contribution is 2.50. The Morgan fingerprint density at radius 1 is 0.400 bits per heavy atom. The fourth-order valence-electron chi connectivity index (χ4n) is 9.14. The minimum absolute atomic E-state index is 0.640. The molecule has 7 heteroatoms. The largest absolute Gasteiger partial charge is 0.295 e. The summed E-state index contributed by atoms with van der Waals surface area (Å²) in [4.78, 5) is 18.1. The molecular weight excluding hydrogens is 771 g/mol. The molecule has 0 bridgehead atoms.